The molecule has 0 radical (unpaired) electrons. The lowest BCUT2D eigenvalue weighted by atomic mass is 9.93. The molecule has 3 nitrogen and oxygen atoms in total. The molecule has 0 saturated carbocycles. The van der Waals surface area contributed by atoms with Gasteiger partial charge >= 0.3 is 0 Å². The number of hydrogen-bond acceptors (Lipinski definition) is 4. The van der Waals surface area contributed by atoms with Crippen LogP contribution >= 0.6 is 11.3 Å². The number of hydrogen-bond donors (Lipinski definition) is 2. The summed E-state index contributed by atoms with van der Waals surface area (Å²) < 4.78 is 0. The Morgan fingerprint density at radius 1 is 1.24 bits per heavy atom. The zero-order valence-corrected chi connectivity index (χ0v) is 13.1. The molecular formula is C17H19N3S. The Balaban J connectivity index is 1.70. The Morgan fingerprint density at radius 3 is 2.71 bits per heavy atom. The van der Waals surface area contributed by atoms with Gasteiger partial charge in [-0.25, -0.2) is 4.98 Å². The van der Waals surface area contributed by atoms with Gasteiger partial charge in [0.05, 0.1) is 5.69 Å². The molecule has 0 aliphatic heterocycles. The highest BCUT2D eigenvalue weighted by molar-refractivity contribution is 7.14. The Kier molecular flexibility index (Phi) is 3.90. The molecule has 1 aliphatic carbocycles. The van der Waals surface area contributed by atoms with Gasteiger partial charge in [0.2, 0.25) is 0 Å². The Bertz CT molecular complexity index is 672. The highest BCUT2D eigenvalue weighted by atomic mass is 32.1. The second kappa shape index (κ2) is 5.84. The highest BCUT2D eigenvalue weighted by Crippen LogP contribution is 2.27. The Hall–Kier alpha value is -1.91. The SMILES string of the molecule is CNC1(C)C=CC(Nc2nc(-c3ccccc3)cs2)=CC1. The van der Waals surface area contributed by atoms with Gasteiger partial charge in [0.15, 0.2) is 5.13 Å². The van der Waals surface area contributed by atoms with Crippen LogP contribution in [0.25, 0.3) is 11.3 Å². The molecule has 0 bridgehead atoms. The summed E-state index contributed by atoms with van der Waals surface area (Å²) in [5, 5.41) is 9.72. The van der Waals surface area contributed by atoms with Gasteiger partial charge in [0.1, 0.15) is 0 Å². The highest BCUT2D eigenvalue weighted by Gasteiger charge is 2.19. The molecule has 21 heavy (non-hydrogen) atoms. The summed E-state index contributed by atoms with van der Waals surface area (Å²) in [6.45, 7) is 2.19. The molecule has 2 aromatic rings. The van der Waals surface area contributed by atoms with Gasteiger partial charge in [0, 0.05) is 22.2 Å². The predicted octanol–water partition coefficient (Wildman–Crippen LogP) is 4.04. The molecule has 4 heteroatoms. The van der Waals surface area contributed by atoms with Crippen molar-refractivity contribution in [3.63, 3.8) is 0 Å². The number of rotatable bonds is 4. The summed E-state index contributed by atoms with van der Waals surface area (Å²) in [6, 6.07) is 10.2. The van der Waals surface area contributed by atoms with Crippen molar-refractivity contribution in [3.05, 3.63) is 59.6 Å². The van der Waals surface area contributed by atoms with Crippen molar-refractivity contribution in [2.75, 3.05) is 12.4 Å². The lowest BCUT2D eigenvalue weighted by molar-refractivity contribution is 0.480. The molecule has 1 aliphatic rings. The zero-order chi connectivity index (χ0) is 14.7. The molecule has 2 N–H and O–H groups in total. The molecule has 0 fully saturated rings. The number of thiazole rings is 1. The fourth-order valence-electron chi connectivity index (χ4n) is 2.21. The first kappa shape index (κ1) is 14.0. The van der Waals surface area contributed by atoms with Crippen LogP contribution < -0.4 is 10.6 Å². The summed E-state index contributed by atoms with van der Waals surface area (Å²) in [6.07, 6.45) is 7.49. The topological polar surface area (TPSA) is 37.0 Å². The normalized spacial score (nSPS) is 21.1. The van der Waals surface area contributed by atoms with Gasteiger partial charge in [-0.05, 0) is 26.5 Å². The number of likely N-dealkylation sites (N-methyl/N-ethyl adjacent to an activating group) is 1. The average molecular weight is 297 g/mol. The second-order valence-electron chi connectivity index (χ2n) is 5.39. The van der Waals surface area contributed by atoms with Crippen molar-refractivity contribution in [3.8, 4) is 11.3 Å². The summed E-state index contributed by atoms with van der Waals surface area (Å²) in [5.41, 5.74) is 3.33. The summed E-state index contributed by atoms with van der Waals surface area (Å²) >= 11 is 1.63. The molecule has 0 amide bonds. The van der Waals surface area contributed by atoms with Crippen molar-refractivity contribution >= 4 is 16.5 Å². The van der Waals surface area contributed by atoms with E-state index in [1.54, 1.807) is 11.3 Å². The van der Waals surface area contributed by atoms with Crippen LogP contribution in [0.1, 0.15) is 13.3 Å². The molecule has 3 rings (SSSR count). The standard InChI is InChI=1S/C17H19N3S/c1-17(18-2)10-8-14(9-11-17)19-16-20-15(12-21-16)13-6-4-3-5-7-13/h3-10,12,18H,11H2,1-2H3,(H,19,20). The van der Waals surface area contributed by atoms with E-state index >= 15 is 0 Å². The largest absolute Gasteiger partial charge is 0.332 e. The third-order valence-corrected chi connectivity index (χ3v) is 4.53. The maximum absolute atomic E-state index is 4.65. The van der Waals surface area contributed by atoms with Crippen molar-refractivity contribution in [1.82, 2.24) is 10.3 Å². The van der Waals surface area contributed by atoms with Gasteiger partial charge in [0.25, 0.3) is 0 Å². The van der Waals surface area contributed by atoms with Crippen molar-refractivity contribution in [2.24, 2.45) is 0 Å². The predicted molar refractivity (Wildman–Crippen MR) is 90.5 cm³/mol. The van der Waals surface area contributed by atoms with Crippen LogP contribution in [-0.4, -0.2) is 17.6 Å². The van der Waals surface area contributed by atoms with E-state index in [2.05, 4.69) is 58.3 Å². The number of anilines is 1. The van der Waals surface area contributed by atoms with Crippen molar-refractivity contribution in [2.45, 2.75) is 18.9 Å². The molecule has 0 saturated heterocycles. The van der Waals surface area contributed by atoms with E-state index in [0.29, 0.717) is 0 Å². The number of aromatic nitrogens is 1. The lowest BCUT2D eigenvalue weighted by Crippen LogP contribution is -2.38. The quantitative estimate of drug-likeness (QED) is 0.894. The lowest BCUT2D eigenvalue weighted by Gasteiger charge is -2.27. The summed E-state index contributed by atoms with van der Waals surface area (Å²) in [5.74, 6) is 0. The van der Waals surface area contributed by atoms with E-state index in [0.717, 1.165) is 28.5 Å². The van der Waals surface area contributed by atoms with E-state index in [1.807, 2.05) is 25.2 Å². The van der Waals surface area contributed by atoms with Crippen molar-refractivity contribution in [1.29, 1.82) is 0 Å². The third kappa shape index (κ3) is 3.23. The fraction of sp³-hybridized carbons (Fsp3) is 0.235. The van der Waals surface area contributed by atoms with Gasteiger partial charge in [-0.15, -0.1) is 11.3 Å². The number of nitrogens with one attached hydrogen (secondary N) is 2. The molecule has 1 atom stereocenters. The van der Waals surface area contributed by atoms with Crippen LogP contribution in [-0.2, 0) is 0 Å². The van der Waals surface area contributed by atoms with E-state index in [9.17, 15) is 0 Å². The monoisotopic (exact) mass is 297 g/mol. The Morgan fingerprint density at radius 2 is 2.05 bits per heavy atom. The minimum Gasteiger partial charge on any atom is -0.332 e. The minimum absolute atomic E-state index is 0.0588. The molecular weight excluding hydrogens is 278 g/mol. The summed E-state index contributed by atoms with van der Waals surface area (Å²) in [4.78, 5) is 4.65. The minimum atomic E-state index is 0.0588. The Labute approximate surface area is 129 Å². The van der Waals surface area contributed by atoms with Crippen LogP contribution in [0.4, 0.5) is 5.13 Å². The van der Waals surface area contributed by atoms with Crippen LogP contribution in [0.3, 0.4) is 0 Å². The van der Waals surface area contributed by atoms with Crippen LogP contribution in [0.5, 0.6) is 0 Å². The average Bonchev–Trinajstić information content (AvgIpc) is 2.99. The smallest absolute Gasteiger partial charge is 0.187 e. The van der Waals surface area contributed by atoms with Gasteiger partial charge in [-0.3, -0.25) is 0 Å². The van der Waals surface area contributed by atoms with Gasteiger partial charge in [-0.1, -0.05) is 42.5 Å². The molecule has 108 valence electrons. The molecule has 1 unspecified atom stereocenters. The van der Waals surface area contributed by atoms with E-state index in [1.165, 1.54) is 0 Å². The maximum Gasteiger partial charge on any atom is 0.187 e. The fourth-order valence-corrected chi connectivity index (χ4v) is 2.95. The van der Waals surface area contributed by atoms with Crippen LogP contribution in [0.2, 0.25) is 0 Å². The maximum atomic E-state index is 4.65. The van der Waals surface area contributed by atoms with Crippen LogP contribution in [0, 0.1) is 0 Å². The number of nitrogens with zero attached hydrogens (tertiary/aromatic N) is 1. The second-order valence-corrected chi connectivity index (χ2v) is 6.25. The molecule has 1 heterocycles. The number of benzene rings is 1. The summed E-state index contributed by atoms with van der Waals surface area (Å²) in [7, 11) is 1.99. The van der Waals surface area contributed by atoms with Crippen molar-refractivity contribution < 1.29 is 0 Å². The van der Waals surface area contributed by atoms with Gasteiger partial charge < -0.3 is 10.6 Å². The number of allylic oxidation sites excluding steroid dienone is 1. The molecule has 1 aromatic carbocycles. The van der Waals surface area contributed by atoms with E-state index in [4.69, 9.17) is 0 Å². The van der Waals surface area contributed by atoms with Crippen LogP contribution in [0.15, 0.2) is 59.6 Å². The first-order valence-corrected chi connectivity index (χ1v) is 7.93. The molecule has 1 aromatic heterocycles. The van der Waals surface area contributed by atoms with Gasteiger partial charge in [-0.2, -0.15) is 0 Å². The zero-order valence-electron chi connectivity index (χ0n) is 12.3. The third-order valence-electron chi connectivity index (χ3n) is 3.77. The molecule has 0 spiro atoms. The first-order chi connectivity index (χ1) is 10.2. The first-order valence-electron chi connectivity index (χ1n) is 7.05. The van der Waals surface area contributed by atoms with E-state index in [-0.39, 0.29) is 5.54 Å². The van der Waals surface area contributed by atoms with E-state index < -0.39 is 0 Å².